The van der Waals surface area contributed by atoms with Crippen molar-refractivity contribution in [3.8, 4) is 0 Å². The Bertz CT molecular complexity index is 617. The van der Waals surface area contributed by atoms with E-state index in [1.54, 1.807) is 6.07 Å². The zero-order valence-corrected chi connectivity index (χ0v) is 10.5. The van der Waals surface area contributed by atoms with Crippen LogP contribution < -0.4 is 0 Å². The summed E-state index contributed by atoms with van der Waals surface area (Å²) >= 11 is 0. The maximum atomic E-state index is 13.1. The molecule has 1 aliphatic heterocycles. The molecule has 1 aromatic heterocycles. The minimum absolute atomic E-state index is 0.298. The average molecular weight is 246 g/mol. The largest absolute Gasteiger partial charge is 0.356 e. The lowest BCUT2D eigenvalue weighted by molar-refractivity contribution is 0.328. The molecular formula is C14H15FN2O. The molecule has 0 amide bonds. The number of likely N-dealkylation sites (N-methyl/N-ethyl adjacent to an activating group) is 1. The van der Waals surface area contributed by atoms with E-state index >= 15 is 0 Å². The summed E-state index contributed by atoms with van der Waals surface area (Å²) < 4.78 is 18.3. The van der Waals surface area contributed by atoms with Crippen LogP contribution in [0.2, 0.25) is 0 Å². The highest BCUT2D eigenvalue weighted by Crippen LogP contribution is 2.28. The van der Waals surface area contributed by atoms with Gasteiger partial charge < -0.3 is 9.42 Å². The maximum Gasteiger partial charge on any atom is 0.170 e. The summed E-state index contributed by atoms with van der Waals surface area (Å²) in [5.41, 5.74) is 2.50. The van der Waals surface area contributed by atoms with Crippen LogP contribution in [0.3, 0.4) is 0 Å². The van der Waals surface area contributed by atoms with Crippen LogP contribution in [0.15, 0.2) is 28.8 Å². The molecule has 1 aromatic carbocycles. The summed E-state index contributed by atoms with van der Waals surface area (Å²) in [4.78, 5) is 2.25. The van der Waals surface area contributed by atoms with E-state index in [0.717, 1.165) is 29.7 Å². The van der Waals surface area contributed by atoms with Crippen molar-refractivity contribution in [2.24, 2.45) is 5.92 Å². The molecule has 1 aliphatic rings. The van der Waals surface area contributed by atoms with Gasteiger partial charge in [-0.25, -0.2) is 4.39 Å². The molecule has 0 spiro atoms. The van der Waals surface area contributed by atoms with Crippen LogP contribution in [-0.2, 0) is 0 Å². The van der Waals surface area contributed by atoms with Crippen molar-refractivity contribution in [2.75, 3.05) is 20.1 Å². The molecule has 18 heavy (non-hydrogen) atoms. The van der Waals surface area contributed by atoms with E-state index in [1.807, 2.05) is 0 Å². The third kappa shape index (κ3) is 1.93. The normalized spacial score (nSPS) is 21.3. The second-order valence-corrected chi connectivity index (χ2v) is 5.04. The Labute approximate surface area is 105 Å². The van der Waals surface area contributed by atoms with Crippen molar-refractivity contribution < 1.29 is 8.91 Å². The lowest BCUT2D eigenvalue weighted by Crippen LogP contribution is -2.29. The van der Waals surface area contributed by atoms with Crippen LogP contribution in [0.25, 0.3) is 16.5 Å². The maximum absolute atomic E-state index is 13.1. The van der Waals surface area contributed by atoms with E-state index in [1.165, 1.54) is 12.1 Å². The Hall–Kier alpha value is -1.68. The van der Waals surface area contributed by atoms with E-state index < -0.39 is 0 Å². The number of hydrogen-bond acceptors (Lipinski definition) is 3. The minimum Gasteiger partial charge on any atom is -0.356 e. The van der Waals surface area contributed by atoms with Gasteiger partial charge in [0, 0.05) is 24.5 Å². The van der Waals surface area contributed by atoms with Crippen molar-refractivity contribution in [1.82, 2.24) is 10.1 Å². The second kappa shape index (κ2) is 4.21. The summed E-state index contributed by atoms with van der Waals surface area (Å²) in [6, 6.07) is 4.55. The molecule has 2 heterocycles. The molecule has 0 bridgehead atoms. The van der Waals surface area contributed by atoms with Crippen molar-refractivity contribution in [3.05, 3.63) is 35.8 Å². The van der Waals surface area contributed by atoms with Crippen LogP contribution in [0.4, 0.5) is 4.39 Å². The number of fused-ring (bicyclic) bond motifs is 1. The second-order valence-electron chi connectivity index (χ2n) is 5.04. The molecule has 1 unspecified atom stereocenters. The summed E-state index contributed by atoms with van der Waals surface area (Å²) in [6.07, 6.45) is 2.22. The van der Waals surface area contributed by atoms with Gasteiger partial charge in [-0.2, -0.15) is 0 Å². The van der Waals surface area contributed by atoms with Crippen molar-refractivity contribution >= 4 is 16.5 Å². The first kappa shape index (κ1) is 11.4. The predicted molar refractivity (Wildman–Crippen MR) is 68.6 cm³/mol. The van der Waals surface area contributed by atoms with Crippen LogP contribution >= 0.6 is 0 Å². The van der Waals surface area contributed by atoms with Crippen LogP contribution in [0.1, 0.15) is 12.6 Å². The van der Waals surface area contributed by atoms with E-state index in [0.29, 0.717) is 11.5 Å². The number of aromatic nitrogens is 1. The molecule has 94 valence electrons. The highest BCUT2D eigenvalue weighted by atomic mass is 19.1. The molecule has 1 atom stereocenters. The lowest BCUT2D eigenvalue weighted by Gasteiger charge is -2.26. The third-order valence-corrected chi connectivity index (χ3v) is 3.26. The molecule has 0 fully saturated rings. The summed E-state index contributed by atoms with van der Waals surface area (Å²) in [5, 5.41) is 4.97. The van der Waals surface area contributed by atoms with E-state index in [4.69, 9.17) is 4.52 Å². The van der Waals surface area contributed by atoms with E-state index in [-0.39, 0.29) is 5.82 Å². The Balaban J connectivity index is 2.09. The summed E-state index contributed by atoms with van der Waals surface area (Å²) in [7, 11) is 2.09. The Morgan fingerprint density at radius 3 is 3.06 bits per heavy atom. The molecule has 0 N–H and O–H groups in total. The van der Waals surface area contributed by atoms with Crippen molar-refractivity contribution in [1.29, 1.82) is 0 Å². The molecule has 0 aliphatic carbocycles. The van der Waals surface area contributed by atoms with Gasteiger partial charge in [-0.15, -0.1) is 0 Å². The van der Waals surface area contributed by atoms with Crippen molar-refractivity contribution in [3.63, 3.8) is 0 Å². The van der Waals surface area contributed by atoms with Gasteiger partial charge in [0.05, 0.1) is 0 Å². The smallest absolute Gasteiger partial charge is 0.170 e. The van der Waals surface area contributed by atoms with Crippen LogP contribution in [0, 0.1) is 11.7 Å². The van der Waals surface area contributed by atoms with Gasteiger partial charge in [-0.05, 0) is 30.7 Å². The van der Waals surface area contributed by atoms with Crippen molar-refractivity contribution in [2.45, 2.75) is 6.92 Å². The van der Waals surface area contributed by atoms with Gasteiger partial charge in [0.25, 0.3) is 0 Å². The first-order valence-corrected chi connectivity index (χ1v) is 6.08. The summed E-state index contributed by atoms with van der Waals surface area (Å²) in [5.74, 6) is 0.194. The molecule has 2 aromatic rings. The fourth-order valence-corrected chi connectivity index (χ4v) is 2.59. The van der Waals surface area contributed by atoms with E-state index in [9.17, 15) is 4.39 Å². The zero-order chi connectivity index (χ0) is 12.7. The first-order chi connectivity index (χ1) is 8.63. The Morgan fingerprint density at radius 2 is 2.28 bits per heavy atom. The highest BCUT2D eigenvalue weighted by Gasteiger charge is 2.20. The number of halogens is 1. The van der Waals surface area contributed by atoms with Crippen LogP contribution in [0.5, 0.6) is 0 Å². The summed E-state index contributed by atoms with van der Waals surface area (Å²) in [6.45, 7) is 4.08. The fourth-order valence-electron chi connectivity index (χ4n) is 2.59. The number of rotatable bonds is 1. The monoisotopic (exact) mass is 246 g/mol. The number of nitrogens with zero attached hydrogens (tertiary/aromatic N) is 2. The fraction of sp³-hybridized carbons (Fsp3) is 0.357. The predicted octanol–water partition coefficient (Wildman–Crippen LogP) is 2.93. The molecule has 0 saturated carbocycles. The number of benzene rings is 1. The molecule has 3 rings (SSSR count). The first-order valence-electron chi connectivity index (χ1n) is 6.08. The van der Waals surface area contributed by atoms with Gasteiger partial charge in [0.15, 0.2) is 5.58 Å². The van der Waals surface area contributed by atoms with Gasteiger partial charge in [0.2, 0.25) is 0 Å². The number of hydrogen-bond donors (Lipinski definition) is 0. The Kier molecular flexibility index (Phi) is 2.67. The van der Waals surface area contributed by atoms with Crippen LogP contribution in [-0.4, -0.2) is 30.2 Å². The topological polar surface area (TPSA) is 29.3 Å². The third-order valence-electron chi connectivity index (χ3n) is 3.26. The molecule has 3 nitrogen and oxygen atoms in total. The van der Waals surface area contributed by atoms with Gasteiger partial charge in [-0.1, -0.05) is 18.2 Å². The van der Waals surface area contributed by atoms with Gasteiger partial charge in [0.1, 0.15) is 11.5 Å². The minimum atomic E-state index is -0.298. The average Bonchev–Trinajstić information content (AvgIpc) is 2.70. The van der Waals surface area contributed by atoms with Gasteiger partial charge in [-0.3, -0.25) is 0 Å². The standard InChI is InChI=1S/C14H15FN2O/c1-9-5-10(8-17(2)7-9)14-12-4-3-11(15)6-13(12)18-16-14/h3-6,9H,7-8H2,1-2H3. The lowest BCUT2D eigenvalue weighted by atomic mass is 9.98. The molecule has 0 saturated heterocycles. The van der Waals surface area contributed by atoms with E-state index in [2.05, 4.69) is 30.1 Å². The van der Waals surface area contributed by atoms with Gasteiger partial charge >= 0.3 is 0 Å². The molecule has 4 heteroatoms. The quantitative estimate of drug-likeness (QED) is 0.774. The molecule has 0 radical (unpaired) electrons. The zero-order valence-electron chi connectivity index (χ0n) is 10.5. The molecular weight excluding hydrogens is 231 g/mol. The Morgan fingerprint density at radius 1 is 1.44 bits per heavy atom. The SMILES string of the molecule is CC1C=C(c2noc3cc(F)ccc23)CN(C)C1. The highest BCUT2D eigenvalue weighted by molar-refractivity contribution is 5.89.